The maximum absolute atomic E-state index is 4.42. The Bertz CT molecular complexity index is 525. The molecule has 19 heavy (non-hydrogen) atoms. The van der Waals surface area contributed by atoms with Crippen LogP contribution in [0.3, 0.4) is 0 Å². The van der Waals surface area contributed by atoms with Gasteiger partial charge in [-0.15, -0.1) is 0 Å². The minimum Gasteiger partial charge on any atom is -0.370 e. The van der Waals surface area contributed by atoms with E-state index in [1.807, 2.05) is 31.2 Å². The summed E-state index contributed by atoms with van der Waals surface area (Å²) < 4.78 is 0. The van der Waals surface area contributed by atoms with Crippen LogP contribution in [0, 0.1) is 6.92 Å². The Hall–Kier alpha value is -2.10. The van der Waals surface area contributed by atoms with Gasteiger partial charge in [0.1, 0.15) is 17.5 Å². The lowest BCUT2D eigenvalue weighted by Gasteiger charge is -2.16. The van der Waals surface area contributed by atoms with Crippen LogP contribution in [-0.2, 0) is 0 Å². The van der Waals surface area contributed by atoms with Crippen molar-refractivity contribution in [2.75, 3.05) is 17.2 Å². The Morgan fingerprint density at radius 1 is 1.11 bits per heavy atom. The number of hydrogen-bond donors (Lipinski definition) is 2. The van der Waals surface area contributed by atoms with E-state index in [0.29, 0.717) is 0 Å². The van der Waals surface area contributed by atoms with E-state index in [1.54, 1.807) is 0 Å². The van der Waals surface area contributed by atoms with Crippen molar-refractivity contribution < 1.29 is 0 Å². The average molecular weight is 256 g/mol. The third-order valence-corrected chi connectivity index (χ3v) is 2.86. The van der Waals surface area contributed by atoms with Gasteiger partial charge in [-0.2, -0.15) is 0 Å². The second kappa shape index (κ2) is 6.18. The summed E-state index contributed by atoms with van der Waals surface area (Å²) in [6, 6.07) is 12.5. The Kier molecular flexibility index (Phi) is 4.34. The molecule has 2 N–H and O–H groups in total. The van der Waals surface area contributed by atoms with Crippen LogP contribution >= 0.6 is 0 Å². The van der Waals surface area contributed by atoms with Crippen molar-refractivity contribution in [3.63, 3.8) is 0 Å². The molecule has 0 aliphatic carbocycles. The minimum absolute atomic E-state index is 0.213. The molecule has 0 fully saturated rings. The van der Waals surface area contributed by atoms with E-state index in [4.69, 9.17) is 0 Å². The molecule has 0 spiro atoms. The maximum Gasteiger partial charge on any atom is 0.132 e. The van der Waals surface area contributed by atoms with Crippen LogP contribution in [0.2, 0.25) is 0 Å². The van der Waals surface area contributed by atoms with Crippen LogP contribution in [0.4, 0.5) is 11.6 Å². The quantitative estimate of drug-likeness (QED) is 0.861. The molecule has 0 bridgehead atoms. The zero-order valence-electron chi connectivity index (χ0n) is 11.6. The summed E-state index contributed by atoms with van der Waals surface area (Å²) in [6.07, 6.45) is 0. The topological polar surface area (TPSA) is 49.8 Å². The lowest BCUT2D eigenvalue weighted by molar-refractivity contribution is 0.867. The van der Waals surface area contributed by atoms with E-state index in [1.165, 1.54) is 5.56 Å². The maximum atomic E-state index is 4.42. The van der Waals surface area contributed by atoms with Crippen LogP contribution in [0.1, 0.15) is 31.3 Å². The SMILES string of the molecule is CCNc1cc(NC(C)c2ccccc2)nc(C)n1. The van der Waals surface area contributed by atoms with E-state index < -0.39 is 0 Å². The van der Waals surface area contributed by atoms with Crippen molar-refractivity contribution in [3.8, 4) is 0 Å². The lowest BCUT2D eigenvalue weighted by Crippen LogP contribution is -2.10. The fourth-order valence-electron chi connectivity index (χ4n) is 1.96. The Balaban J connectivity index is 2.14. The highest BCUT2D eigenvalue weighted by molar-refractivity contribution is 5.48. The van der Waals surface area contributed by atoms with E-state index >= 15 is 0 Å². The van der Waals surface area contributed by atoms with Gasteiger partial charge in [-0.25, -0.2) is 9.97 Å². The van der Waals surface area contributed by atoms with E-state index in [0.717, 1.165) is 24.0 Å². The van der Waals surface area contributed by atoms with Gasteiger partial charge in [0.05, 0.1) is 0 Å². The lowest BCUT2D eigenvalue weighted by atomic mass is 10.1. The molecule has 0 amide bonds. The van der Waals surface area contributed by atoms with Crippen LogP contribution in [0.15, 0.2) is 36.4 Å². The highest BCUT2D eigenvalue weighted by atomic mass is 15.1. The fourth-order valence-corrected chi connectivity index (χ4v) is 1.96. The summed E-state index contributed by atoms with van der Waals surface area (Å²) in [6.45, 7) is 6.93. The van der Waals surface area contributed by atoms with Gasteiger partial charge < -0.3 is 10.6 Å². The summed E-state index contributed by atoms with van der Waals surface area (Å²) in [5, 5.41) is 6.62. The van der Waals surface area contributed by atoms with Crippen molar-refractivity contribution >= 4 is 11.6 Å². The van der Waals surface area contributed by atoms with Crippen LogP contribution in [-0.4, -0.2) is 16.5 Å². The molecular formula is C15H20N4. The van der Waals surface area contributed by atoms with Gasteiger partial charge in [-0.1, -0.05) is 30.3 Å². The number of nitrogens with one attached hydrogen (secondary N) is 2. The molecule has 0 aliphatic rings. The normalized spacial score (nSPS) is 11.9. The van der Waals surface area contributed by atoms with Gasteiger partial charge in [0.25, 0.3) is 0 Å². The van der Waals surface area contributed by atoms with Crippen molar-refractivity contribution in [2.24, 2.45) is 0 Å². The molecule has 1 aromatic heterocycles. The van der Waals surface area contributed by atoms with Crippen molar-refractivity contribution in [1.82, 2.24) is 9.97 Å². The molecule has 2 rings (SSSR count). The molecular weight excluding hydrogens is 236 g/mol. The molecule has 0 aliphatic heterocycles. The highest BCUT2D eigenvalue weighted by Gasteiger charge is 2.07. The van der Waals surface area contributed by atoms with Crippen LogP contribution in [0.25, 0.3) is 0 Å². The first-order valence-electron chi connectivity index (χ1n) is 6.60. The summed E-state index contributed by atoms with van der Waals surface area (Å²) in [4.78, 5) is 8.76. The molecule has 2 aromatic rings. The molecule has 1 heterocycles. The number of aryl methyl sites for hydroxylation is 1. The highest BCUT2D eigenvalue weighted by Crippen LogP contribution is 2.19. The third-order valence-electron chi connectivity index (χ3n) is 2.86. The zero-order valence-corrected chi connectivity index (χ0v) is 11.6. The molecule has 1 unspecified atom stereocenters. The molecule has 0 saturated carbocycles. The largest absolute Gasteiger partial charge is 0.370 e. The summed E-state index contributed by atoms with van der Waals surface area (Å²) in [5.74, 6) is 2.47. The second-order valence-corrected chi connectivity index (χ2v) is 4.49. The molecule has 1 atom stereocenters. The first-order valence-corrected chi connectivity index (χ1v) is 6.60. The number of rotatable bonds is 5. The van der Waals surface area contributed by atoms with Crippen LogP contribution < -0.4 is 10.6 Å². The Morgan fingerprint density at radius 3 is 2.47 bits per heavy atom. The van der Waals surface area contributed by atoms with Gasteiger partial charge in [-0.05, 0) is 26.3 Å². The van der Waals surface area contributed by atoms with Crippen molar-refractivity contribution in [2.45, 2.75) is 26.8 Å². The molecule has 4 nitrogen and oxygen atoms in total. The van der Waals surface area contributed by atoms with E-state index in [9.17, 15) is 0 Å². The summed E-state index contributed by atoms with van der Waals surface area (Å²) in [5.41, 5.74) is 1.24. The minimum atomic E-state index is 0.213. The van der Waals surface area contributed by atoms with Crippen molar-refractivity contribution in [1.29, 1.82) is 0 Å². The second-order valence-electron chi connectivity index (χ2n) is 4.49. The van der Waals surface area contributed by atoms with Gasteiger partial charge >= 0.3 is 0 Å². The van der Waals surface area contributed by atoms with Gasteiger partial charge in [0, 0.05) is 18.7 Å². The smallest absolute Gasteiger partial charge is 0.132 e. The predicted molar refractivity (Wildman–Crippen MR) is 79.4 cm³/mol. The number of aromatic nitrogens is 2. The molecule has 4 heteroatoms. The van der Waals surface area contributed by atoms with Gasteiger partial charge in [0.15, 0.2) is 0 Å². The number of anilines is 2. The summed E-state index contributed by atoms with van der Waals surface area (Å²) in [7, 11) is 0. The zero-order chi connectivity index (χ0) is 13.7. The Labute approximate surface area is 114 Å². The first kappa shape index (κ1) is 13.3. The standard InChI is InChI=1S/C15H20N4/c1-4-16-14-10-15(19-12(3)18-14)17-11(2)13-8-6-5-7-9-13/h5-11H,4H2,1-3H3,(H2,16,17,18,19). The third kappa shape index (κ3) is 3.68. The predicted octanol–water partition coefficient (Wildman–Crippen LogP) is 3.39. The molecule has 0 saturated heterocycles. The summed E-state index contributed by atoms with van der Waals surface area (Å²) >= 11 is 0. The van der Waals surface area contributed by atoms with E-state index in [-0.39, 0.29) is 6.04 Å². The number of benzene rings is 1. The van der Waals surface area contributed by atoms with Gasteiger partial charge in [0.2, 0.25) is 0 Å². The van der Waals surface area contributed by atoms with E-state index in [2.05, 4.69) is 46.6 Å². The monoisotopic (exact) mass is 256 g/mol. The van der Waals surface area contributed by atoms with Crippen molar-refractivity contribution in [3.05, 3.63) is 47.8 Å². The van der Waals surface area contributed by atoms with Gasteiger partial charge in [-0.3, -0.25) is 0 Å². The fraction of sp³-hybridized carbons (Fsp3) is 0.333. The average Bonchev–Trinajstić information content (AvgIpc) is 2.39. The number of hydrogen-bond acceptors (Lipinski definition) is 4. The molecule has 1 aromatic carbocycles. The Morgan fingerprint density at radius 2 is 1.79 bits per heavy atom. The molecule has 0 radical (unpaired) electrons. The number of nitrogens with zero attached hydrogens (tertiary/aromatic N) is 2. The van der Waals surface area contributed by atoms with Crippen LogP contribution in [0.5, 0.6) is 0 Å². The molecule has 100 valence electrons. The first-order chi connectivity index (χ1) is 9.19.